The third-order valence-corrected chi connectivity index (χ3v) is 3.99. The molecular formula is C15H21NO. The molecule has 0 aromatic heterocycles. The van der Waals surface area contributed by atoms with E-state index in [0.29, 0.717) is 12.5 Å². The van der Waals surface area contributed by atoms with Crippen LogP contribution in [-0.2, 0) is 12.8 Å². The lowest BCUT2D eigenvalue weighted by atomic mass is 9.92. The molecule has 92 valence electrons. The van der Waals surface area contributed by atoms with Crippen molar-refractivity contribution in [3.05, 3.63) is 29.3 Å². The first kappa shape index (κ1) is 11.1. The maximum atomic E-state index is 6.04. The van der Waals surface area contributed by atoms with Crippen LogP contribution < -0.4 is 10.5 Å². The number of benzene rings is 1. The van der Waals surface area contributed by atoms with Gasteiger partial charge in [0.05, 0.1) is 0 Å². The molecule has 1 aromatic carbocycles. The molecule has 0 radical (unpaired) electrons. The predicted octanol–water partition coefficient (Wildman–Crippen LogP) is 2.68. The van der Waals surface area contributed by atoms with Crippen LogP contribution in [0.25, 0.3) is 0 Å². The molecule has 1 aromatic rings. The third-order valence-electron chi connectivity index (χ3n) is 3.99. The fraction of sp³-hybridized carbons (Fsp3) is 0.600. The molecule has 2 nitrogen and oxygen atoms in total. The minimum atomic E-state index is 0.228. The second kappa shape index (κ2) is 4.69. The summed E-state index contributed by atoms with van der Waals surface area (Å²) in [6, 6.07) is 6.77. The highest BCUT2D eigenvalue weighted by Crippen LogP contribution is 2.32. The molecule has 0 spiro atoms. The molecule has 0 amide bonds. The highest BCUT2D eigenvalue weighted by molar-refractivity contribution is 5.37. The maximum Gasteiger partial charge on any atom is 0.119 e. The van der Waals surface area contributed by atoms with Gasteiger partial charge in [0.1, 0.15) is 12.4 Å². The van der Waals surface area contributed by atoms with Gasteiger partial charge in [-0.25, -0.2) is 0 Å². The largest absolute Gasteiger partial charge is 0.492 e. The maximum absolute atomic E-state index is 6.04. The van der Waals surface area contributed by atoms with Crippen molar-refractivity contribution in [2.45, 2.75) is 44.6 Å². The Hall–Kier alpha value is -1.02. The van der Waals surface area contributed by atoms with Gasteiger partial charge < -0.3 is 10.5 Å². The standard InChI is InChI=1S/C15H21NO/c16-15(12-5-6-12)10-17-14-8-7-11-3-1-2-4-13(11)9-14/h7-9,12,15H,1-6,10,16H2. The van der Waals surface area contributed by atoms with Gasteiger partial charge in [-0.05, 0) is 67.7 Å². The number of rotatable bonds is 4. The first-order valence-corrected chi connectivity index (χ1v) is 6.83. The number of hydrogen-bond donors (Lipinski definition) is 1. The monoisotopic (exact) mass is 231 g/mol. The average Bonchev–Trinajstić information content (AvgIpc) is 3.20. The number of aryl methyl sites for hydroxylation is 2. The molecule has 0 aliphatic heterocycles. The zero-order valence-corrected chi connectivity index (χ0v) is 10.3. The van der Waals surface area contributed by atoms with Gasteiger partial charge in [0.2, 0.25) is 0 Å². The Morgan fingerprint density at radius 3 is 2.71 bits per heavy atom. The fourth-order valence-electron chi connectivity index (χ4n) is 2.65. The molecule has 17 heavy (non-hydrogen) atoms. The second-order valence-electron chi connectivity index (χ2n) is 5.45. The van der Waals surface area contributed by atoms with E-state index >= 15 is 0 Å². The van der Waals surface area contributed by atoms with Gasteiger partial charge in [-0.1, -0.05) is 6.07 Å². The van der Waals surface area contributed by atoms with Crippen molar-refractivity contribution >= 4 is 0 Å². The van der Waals surface area contributed by atoms with Crippen molar-refractivity contribution in [3.8, 4) is 5.75 Å². The lowest BCUT2D eigenvalue weighted by Gasteiger charge is -2.18. The van der Waals surface area contributed by atoms with Crippen LogP contribution in [0.15, 0.2) is 18.2 Å². The van der Waals surface area contributed by atoms with Gasteiger partial charge in [-0.15, -0.1) is 0 Å². The van der Waals surface area contributed by atoms with Crippen molar-refractivity contribution in [1.82, 2.24) is 0 Å². The quantitative estimate of drug-likeness (QED) is 0.864. The van der Waals surface area contributed by atoms with Crippen LogP contribution in [0.4, 0.5) is 0 Å². The summed E-state index contributed by atoms with van der Waals surface area (Å²) >= 11 is 0. The molecule has 0 heterocycles. The summed E-state index contributed by atoms with van der Waals surface area (Å²) in [7, 11) is 0. The molecule has 0 bridgehead atoms. The fourth-order valence-corrected chi connectivity index (χ4v) is 2.65. The van der Waals surface area contributed by atoms with Gasteiger partial charge in [0, 0.05) is 6.04 Å². The highest BCUT2D eigenvalue weighted by atomic mass is 16.5. The third kappa shape index (κ3) is 2.63. The van der Waals surface area contributed by atoms with E-state index in [-0.39, 0.29) is 6.04 Å². The summed E-state index contributed by atoms with van der Waals surface area (Å²) in [6.07, 6.45) is 7.67. The first-order valence-electron chi connectivity index (χ1n) is 6.83. The summed E-state index contributed by atoms with van der Waals surface area (Å²) < 4.78 is 5.81. The Balaban J connectivity index is 1.62. The Morgan fingerprint density at radius 1 is 1.18 bits per heavy atom. The summed E-state index contributed by atoms with van der Waals surface area (Å²) in [5.74, 6) is 1.72. The lowest BCUT2D eigenvalue weighted by Crippen LogP contribution is -2.29. The molecule has 2 aliphatic carbocycles. The van der Waals surface area contributed by atoms with Crippen LogP contribution >= 0.6 is 0 Å². The van der Waals surface area contributed by atoms with E-state index < -0.39 is 0 Å². The van der Waals surface area contributed by atoms with Crippen LogP contribution in [0.5, 0.6) is 5.75 Å². The SMILES string of the molecule is NC(COc1ccc2c(c1)CCCC2)C1CC1. The lowest BCUT2D eigenvalue weighted by molar-refractivity contribution is 0.275. The number of nitrogens with two attached hydrogens (primary N) is 1. The van der Waals surface area contributed by atoms with E-state index in [9.17, 15) is 0 Å². The Labute approximate surface area is 103 Å². The van der Waals surface area contributed by atoms with Crippen molar-refractivity contribution < 1.29 is 4.74 Å². The van der Waals surface area contributed by atoms with Crippen LogP contribution in [-0.4, -0.2) is 12.6 Å². The minimum Gasteiger partial charge on any atom is -0.492 e. The van der Waals surface area contributed by atoms with Crippen LogP contribution in [0, 0.1) is 5.92 Å². The van der Waals surface area contributed by atoms with Crippen LogP contribution in [0.2, 0.25) is 0 Å². The zero-order valence-electron chi connectivity index (χ0n) is 10.3. The van der Waals surface area contributed by atoms with E-state index in [0.717, 1.165) is 5.75 Å². The van der Waals surface area contributed by atoms with Crippen molar-refractivity contribution in [2.24, 2.45) is 11.7 Å². The van der Waals surface area contributed by atoms with E-state index in [1.807, 2.05) is 0 Å². The molecular weight excluding hydrogens is 210 g/mol. The zero-order chi connectivity index (χ0) is 11.7. The molecule has 1 fully saturated rings. The molecule has 2 aliphatic rings. The summed E-state index contributed by atoms with van der Waals surface area (Å²) in [5, 5.41) is 0. The van der Waals surface area contributed by atoms with Crippen LogP contribution in [0.1, 0.15) is 36.8 Å². The number of ether oxygens (including phenoxy) is 1. The molecule has 2 heteroatoms. The first-order chi connectivity index (χ1) is 8.33. The Kier molecular flexibility index (Phi) is 3.06. The average molecular weight is 231 g/mol. The number of hydrogen-bond acceptors (Lipinski definition) is 2. The highest BCUT2D eigenvalue weighted by Gasteiger charge is 2.28. The Morgan fingerprint density at radius 2 is 1.94 bits per heavy atom. The van der Waals surface area contributed by atoms with E-state index in [1.165, 1.54) is 49.7 Å². The molecule has 1 unspecified atom stereocenters. The van der Waals surface area contributed by atoms with Crippen molar-refractivity contribution in [1.29, 1.82) is 0 Å². The normalized spacial score (nSPS) is 20.8. The van der Waals surface area contributed by atoms with Gasteiger partial charge in [0.15, 0.2) is 0 Å². The predicted molar refractivity (Wildman–Crippen MR) is 69.3 cm³/mol. The molecule has 1 atom stereocenters. The van der Waals surface area contributed by atoms with Gasteiger partial charge in [-0.3, -0.25) is 0 Å². The molecule has 3 rings (SSSR count). The van der Waals surface area contributed by atoms with Gasteiger partial charge in [-0.2, -0.15) is 0 Å². The van der Waals surface area contributed by atoms with E-state index in [2.05, 4.69) is 18.2 Å². The number of fused-ring (bicyclic) bond motifs is 1. The summed E-state index contributed by atoms with van der Waals surface area (Å²) in [6.45, 7) is 0.670. The van der Waals surface area contributed by atoms with Gasteiger partial charge >= 0.3 is 0 Å². The van der Waals surface area contributed by atoms with Gasteiger partial charge in [0.25, 0.3) is 0 Å². The topological polar surface area (TPSA) is 35.2 Å². The molecule has 1 saturated carbocycles. The second-order valence-corrected chi connectivity index (χ2v) is 5.45. The molecule has 0 saturated heterocycles. The Bertz CT molecular complexity index is 398. The molecule has 2 N–H and O–H groups in total. The van der Waals surface area contributed by atoms with E-state index in [4.69, 9.17) is 10.5 Å². The van der Waals surface area contributed by atoms with E-state index in [1.54, 1.807) is 0 Å². The van der Waals surface area contributed by atoms with Crippen LogP contribution in [0.3, 0.4) is 0 Å². The summed E-state index contributed by atoms with van der Waals surface area (Å²) in [4.78, 5) is 0. The van der Waals surface area contributed by atoms with Crippen molar-refractivity contribution in [3.63, 3.8) is 0 Å². The van der Waals surface area contributed by atoms with Crippen molar-refractivity contribution in [2.75, 3.05) is 6.61 Å². The minimum absolute atomic E-state index is 0.228. The summed E-state index contributed by atoms with van der Waals surface area (Å²) in [5.41, 5.74) is 9.03. The smallest absolute Gasteiger partial charge is 0.119 e.